The first kappa shape index (κ1) is 16.6. The maximum absolute atomic E-state index is 13.4. The van der Waals surface area contributed by atoms with Crippen LogP contribution in [0.1, 0.15) is 6.92 Å². The van der Waals surface area contributed by atoms with Gasteiger partial charge < -0.3 is 15.4 Å². The van der Waals surface area contributed by atoms with E-state index in [0.29, 0.717) is 6.54 Å². The van der Waals surface area contributed by atoms with Crippen molar-refractivity contribution >= 4 is 17.7 Å². The van der Waals surface area contributed by atoms with Gasteiger partial charge in [0, 0.05) is 19.3 Å². The minimum absolute atomic E-state index is 0.161. The number of nitrogens with zero attached hydrogens (tertiary/aromatic N) is 1. The van der Waals surface area contributed by atoms with Crippen LogP contribution >= 0.6 is 11.8 Å². The fraction of sp³-hybridized carbons (Fsp3) is 0.500. The summed E-state index contributed by atoms with van der Waals surface area (Å²) in [5, 5.41) is 6.34. The number of halogens is 1. The fourth-order valence-corrected chi connectivity index (χ4v) is 1.84. The Kier molecular flexibility index (Phi) is 7.87. The number of nitrogens with one attached hydrogen (secondary N) is 2. The van der Waals surface area contributed by atoms with E-state index >= 15 is 0 Å². The second-order valence-electron chi connectivity index (χ2n) is 4.23. The van der Waals surface area contributed by atoms with E-state index in [0.717, 1.165) is 18.3 Å². The first-order chi connectivity index (χ1) is 9.67. The molecule has 0 saturated heterocycles. The highest BCUT2D eigenvalue weighted by molar-refractivity contribution is 7.98. The van der Waals surface area contributed by atoms with Gasteiger partial charge in [0.15, 0.2) is 17.5 Å². The van der Waals surface area contributed by atoms with Crippen LogP contribution in [-0.2, 0) is 0 Å². The molecule has 1 rings (SSSR count). The molecule has 0 aliphatic carbocycles. The van der Waals surface area contributed by atoms with Crippen molar-refractivity contribution in [3.05, 3.63) is 30.1 Å². The van der Waals surface area contributed by atoms with Crippen molar-refractivity contribution in [3.8, 4) is 5.75 Å². The molecule has 6 heteroatoms. The predicted molar refractivity (Wildman–Crippen MR) is 84.2 cm³/mol. The number of hydrogen-bond acceptors (Lipinski definition) is 3. The number of ether oxygens (including phenoxy) is 1. The summed E-state index contributed by atoms with van der Waals surface area (Å²) in [5.74, 6) is 1.67. The lowest BCUT2D eigenvalue weighted by Gasteiger charge is -2.17. The van der Waals surface area contributed by atoms with Crippen LogP contribution in [-0.4, -0.2) is 44.2 Å². The Balaban J connectivity index is 2.35. The highest BCUT2D eigenvalue weighted by atomic mass is 32.2. The molecule has 0 aliphatic rings. The second kappa shape index (κ2) is 9.47. The number of thioether (sulfide) groups is 1. The summed E-state index contributed by atoms with van der Waals surface area (Å²) >= 11 is 1.77. The van der Waals surface area contributed by atoms with Crippen molar-refractivity contribution in [2.75, 3.05) is 32.1 Å². The molecule has 0 saturated carbocycles. The van der Waals surface area contributed by atoms with E-state index in [9.17, 15) is 4.39 Å². The van der Waals surface area contributed by atoms with Crippen molar-refractivity contribution in [2.45, 2.75) is 13.0 Å². The monoisotopic (exact) mass is 299 g/mol. The maximum Gasteiger partial charge on any atom is 0.191 e. The minimum Gasteiger partial charge on any atom is -0.486 e. The highest BCUT2D eigenvalue weighted by Gasteiger charge is 2.08. The Hall–Kier alpha value is -1.43. The van der Waals surface area contributed by atoms with Crippen molar-refractivity contribution in [1.82, 2.24) is 10.6 Å². The zero-order chi connectivity index (χ0) is 14.8. The third-order valence-corrected chi connectivity index (χ3v) is 3.16. The van der Waals surface area contributed by atoms with Gasteiger partial charge in [0.1, 0.15) is 6.10 Å². The van der Waals surface area contributed by atoms with Crippen LogP contribution in [0.15, 0.2) is 29.3 Å². The van der Waals surface area contributed by atoms with Gasteiger partial charge in [0.05, 0.1) is 6.54 Å². The summed E-state index contributed by atoms with van der Waals surface area (Å²) in [7, 11) is 1.72. The SMILES string of the molecule is CN=C(NCCSC)NCC(C)Oc1ccccc1F. The lowest BCUT2D eigenvalue weighted by atomic mass is 10.3. The van der Waals surface area contributed by atoms with Crippen molar-refractivity contribution in [1.29, 1.82) is 0 Å². The standard InChI is InChI=1S/C14H22FN3OS/c1-11(19-13-7-5-4-6-12(13)15)10-18-14(16-2)17-8-9-20-3/h4-7,11H,8-10H2,1-3H3,(H2,16,17,18). The smallest absolute Gasteiger partial charge is 0.191 e. The van der Waals surface area contributed by atoms with Crippen LogP contribution in [0.3, 0.4) is 0 Å². The van der Waals surface area contributed by atoms with Crippen LogP contribution in [0.25, 0.3) is 0 Å². The normalized spacial score (nSPS) is 12.9. The number of hydrogen-bond donors (Lipinski definition) is 2. The van der Waals surface area contributed by atoms with Crippen LogP contribution in [0.2, 0.25) is 0 Å². The van der Waals surface area contributed by atoms with Gasteiger partial charge in [0.2, 0.25) is 0 Å². The molecule has 0 radical (unpaired) electrons. The Morgan fingerprint density at radius 1 is 1.40 bits per heavy atom. The number of para-hydroxylation sites is 1. The molecule has 1 atom stereocenters. The third kappa shape index (κ3) is 6.14. The van der Waals surface area contributed by atoms with Crippen molar-refractivity contribution < 1.29 is 9.13 Å². The largest absolute Gasteiger partial charge is 0.486 e. The van der Waals surface area contributed by atoms with E-state index in [1.54, 1.807) is 37.0 Å². The van der Waals surface area contributed by atoms with Crippen LogP contribution in [0, 0.1) is 5.82 Å². The highest BCUT2D eigenvalue weighted by Crippen LogP contribution is 2.16. The molecule has 0 fully saturated rings. The van der Waals surface area contributed by atoms with E-state index in [-0.39, 0.29) is 17.7 Å². The summed E-state index contributed by atoms with van der Waals surface area (Å²) in [4.78, 5) is 4.11. The molecule has 20 heavy (non-hydrogen) atoms. The quantitative estimate of drug-likeness (QED) is 0.460. The molecule has 112 valence electrons. The molecule has 0 aromatic heterocycles. The van der Waals surface area contributed by atoms with Crippen molar-refractivity contribution in [2.24, 2.45) is 4.99 Å². The van der Waals surface area contributed by atoms with E-state index in [1.165, 1.54) is 6.07 Å². The van der Waals surface area contributed by atoms with Gasteiger partial charge in [-0.2, -0.15) is 11.8 Å². The van der Waals surface area contributed by atoms with Gasteiger partial charge in [-0.3, -0.25) is 4.99 Å². The number of rotatable bonds is 7. The third-order valence-electron chi connectivity index (χ3n) is 2.54. The molecular weight excluding hydrogens is 277 g/mol. The summed E-state index contributed by atoms with van der Waals surface area (Å²) in [6.45, 7) is 3.28. The Labute approximate surface area is 124 Å². The minimum atomic E-state index is -0.346. The zero-order valence-electron chi connectivity index (χ0n) is 12.1. The topological polar surface area (TPSA) is 45.7 Å². The molecule has 0 bridgehead atoms. The molecule has 1 unspecified atom stereocenters. The number of aliphatic imine (C=N–C) groups is 1. The van der Waals surface area contributed by atoms with Gasteiger partial charge >= 0.3 is 0 Å². The fourth-order valence-electron chi connectivity index (χ4n) is 1.53. The molecule has 2 N–H and O–H groups in total. The molecule has 0 heterocycles. The molecule has 0 amide bonds. The molecule has 4 nitrogen and oxygen atoms in total. The van der Waals surface area contributed by atoms with Gasteiger partial charge in [-0.1, -0.05) is 12.1 Å². The Morgan fingerprint density at radius 2 is 2.15 bits per heavy atom. The maximum atomic E-state index is 13.4. The average molecular weight is 299 g/mol. The zero-order valence-corrected chi connectivity index (χ0v) is 13.0. The first-order valence-electron chi connectivity index (χ1n) is 6.52. The molecule has 0 spiro atoms. The summed E-state index contributed by atoms with van der Waals surface area (Å²) in [6.07, 6.45) is 1.90. The van der Waals surface area contributed by atoms with E-state index in [4.69, 9.17) is 4.74 Å². The van der Waals surface area contributed by atoms with E-state index < -0.39 is 0 Å². The van der Waals surface area contributed by atoms with E-state index in [1.807, 2.05) is 6.92 Å². The average Bonchev–Trinajstić information content (AvgIpc) is 2.45. The number of benzene rings is 1. The molecule has 1 aromatic carbocycles. The molecule has 0 aliphatic heterocycles. The Morgan fingerprint density at radius 3 is 2.80 bits per heavy atom. The van der Waals surface area contributed by atoms with Crippen molar-refractivity contribution in [3.63, 3.8) is 0 Å². The summed E-state index contributed by atoms with van der Waals surface area (Å²) in [6, 6.07) is 6.40. The van der Waals surface area contributed by atoms with Gasteiger partial charge in [-0.15, -0.1) is 0 Å². The number of guanidine groups is 1. The summed E-state index contributed by atoms with van der Waals surface area (Å²) in [5.41, 5.74) is 0. The lowest BCUT2D eigenvalue weighted by Crippen LogP contribution is -2.42. The van der Waals surface area contributed by atoms with E-state index in [2.05, 4.69) is 21.9 Å². The van der Waals surface area contributed by atoms with Gasteiger partial charge in [-0.05, 0) is 25.3 Å². The Bertz CT molecular complexity index is 429. The molecular formula is C14H22FN3OS. The lowest BCUT2D eigenvalue weighted by molar-refractivity contribution is 0.214. The summed E-state index contributed by atoms with van der Waals surface area (Å²) < 4.78 is 19.0. The van der Waals surface area contributed by atoms with Crippen LogP contribution in [0.4, 0.5) is 4.39 Å². The second-order valence-corrected chi connectivity index (χ2v) is 5.22. The first-order valence-corrected chi connectivity index (χ1v) is 7.91. The van der Waals surface area contributed by atoms with Gasteiger partial charge in [0.25, 0.3) is 0 Å². The molecule has 1 aromatic rings. The van der Waals surface area contributed by atoms with Crippen LogP contribution in [0.5, 0.6) is 5.75 Å². The van der Waals surface area contributed by atoms with Crippen LogP contribution < -0.4 is 15.4 Å². The predicted octanol–water partition coefficient (Wildman–Crippen LogP) is 2.12. The van der Waals surface area contributed by atoms with Gasteiger partial charge in [-0.25, -0.2) is 4.39 Å².